The van der Waals surface area contributed by atoms with Crippen LogP contribution >= 0.6 is 11.3 Å². The Kier molecular flexibility index (Phi) is 5.13. The number of nitrogens with one attached hydrogen (secondary N) is 1. The van der Waals surface area contributed by atoms with Gasteiger partial charge in [-0.05, 0) is 19.1 Å². The van der Waals surface area contributed by atoms with Crippen LogP contribution in [0.2, 0.25) is 0 Å². The lowest BCUT2D eigenvalue weighted by molar-refractivity contribution is -0.137. The summed E-state index contributed by atoms with van der Waals surface area (Å²) in [5.41, 5.74) is 0.799. The second-order valence-electron chi connectivity index (χ2n) is 6.46. The molecule has 152 valence electrons. The molecule has 0 bridgehead atoms. The number of carbonyl (C=O) groups excluding carboxylic acids is 1. The zero-order valence-electron chi connectivity index (χ0n) is 15.6. The second kappa shape index (κ2) is 7.75. The van der Waals surface area contributed by atoms with Crippen LogP contribution in [-0.2, 0) is 6.18 Å². The van der Waals surface area contributed by atoms with Gasteiger partial charge in [0.15, 0.2) is 0 Å². The molecule has 1 N–H and O–H groups in total. The number of nitrogens with zero attached hydrogens (tertiary/aromatic N) is 3. The highest BCUT2D eigenvalue weighted by Crippen LogP contribution is 2.32. The molecule has 0 aliphatic rings. The van der Waals surface area contributed by atoms with Gasteiger partial charge in [-0.25, -0.2) is 4.98 Å². The topological polar surface area (TPSA) is 59.8 Å². The number of amides is 1. The number of hydrogen-bond donors (Lipinski definition) is 1. The molecule has 9 heteroatoms. The van der Waals surface area contributed by atoms with Crippen LogP contribution in [0.25, 0.3) is 16.4 Å². The van der Waals surface area contributed by atoms with Gasteiger partial charge in [-0.1, -0.05) is 42.5 Å². The maximum atomic E-state index is 13.3. The van der Waals surface area contributed by atoms with Crippen molar-refractivity contribution in [2.45, 2.75) is 13.1 Å². The van der Waals surface area contributed by atoms with Crippen LogP contribution in [0.15, 0.2) is 66.0 Å². The molecule has 30 heavy (non-hydrogen) atoms. The zero-order valence-corrected chi connectivity index (χ0v) is 16.5. The van der Waals surface area contributed by atoms with Crippen LogP contribution in [0.4, 0.5) is 19.0 Å². The molecule has 4 rings (SSSR count). The smallest absolute Gasteiger partial charge is 0.306 e. The highest BCUT2D eigenvalue weighted by molar-refractivity contribution is 7.12. The third kappa shape index (κ3) is 3.97. The molecule has 0 fully saturated rings. The molecule has 0 unspecified atom stereocenters. The molecule has 5 nitrogen and oxygen atoms in total. The summed E-state index contributed by atoms with van der Waals surface area (Å²) in [6.45, 7) is 1.72. The summed E-state index contributed by atoms with van der Waals surface area (Å²) in [7, 11) is 0. The molecule has 0 spiro atoms. The standard InChI is InChI=1S/C21H15F3N4OS/c1-13-11-18(26-19(29)15-9-5-6-10-16(15)21(22,23)24)28(27-13)20-25-17(12-30-20)14-7-3-2-4-8-14/h2-12H,1H3,(H,26,29). The summed E-state index contributed by atoms with van der Waals surface area (Å²) in [6, 6.07) is 15.8. The van der Waals surface area contributed by atoms with Crippen LogP contribution in [0.5, 0.6) is 0 Å². The molecule has 2 heterocycles. The SMILES string of the molecule is Cc1cc(NC(=O)c2ccccc2C(F)(F)F)n(-c2nc(-c3ccccc3)cs2)n1. The molecular weight excluding hydrogens is 413 g/mol. The fourth-order valence-electron chi connectivity index (χ4n) is 2.95. The minimum atomic E-state index is -4.63. The third-order valence-corrected chi connectivity index (χ3v) is 5.11. The molecule has 0 atom stereocenters. The second-order valence-corrected chi connectivity index (χ2v) is 7.30. The average molecular weight is 428 g/mol. The quantitative estimate of drug-likeness (QED) is 0.462. The number of benzene rings is 2. The van der Waals surface area contributed by atoms with Gasteiger partial charge in [-0.15, -0.1) is 11.3 Å². The van der Waals surface area contributed by atoms with Gasteiger partial charge in [0, 0.05) is 17.0 Å². The van der Waals surface area contributed by atoms with Crippen molar-refractivity contribution in [2.24, 2.45) is 0 Å². The van der Waals surface area contributed by atoms with Crippen molar-refractivity contribution >= 4 is 23.1 Å². The summed E-state index contributed by atoms with van der Waals surface area (Å²) in [5.74, 6) is -0.632. The van der Waals surface area contributed by atoms with Crippen molar-refractivity contribution in [3.05, 3.63) is 82.9 Å². The minimum Gasteiger partial charge on any atom is -0.306 e. The fourth-order valence-corrected chi connectivity index (χ4v) is 3.75. The molecule has 0 aliphatic heterocycles. The van der Waals surface area contributed by atoms with E-state index in [0.717, 1.165) is 23.4 Å². The third-order valence-electron chi connectivity index (χ3n) is 4.29. The number of rotatable bonds is 4. The maximum Gasteiger partial charge on any atom is 0.417 e. The summed E-state index contributed by atoms with van der Waals surface area (Å²) in [6.07, 6.45) is -4.63. The van der Waals surface area contributed by atoms with E-state index < -0.39 is 23.2 Å². The number of thiazole rings is 1. The summed E-state index contributed by atoms with van der Waals surface area (Å²) < 4.78 is 41.2. The van der Waals surface area contributed by atoms with E-state index in [1.807, 2.05) is 35.7 Å². The normalized spacial score (nSPS) is 11.5. The Hall–Kier alpha value is -3.46. The number of hydrogen-bond acceptors (Lipinski definition) is 4. The first-order chi connectivity index (χ1) is 14.3. The van der Waals surface area contributed by atoms with Crippen molar-refractivity contribution in [1.82, 2.24) is 14.8 Å². The predicted molar refractivity (Wildman–Crippen MR) is 109 cm³/mol. The monoisotopic (exact) mass is 428 g/mol. The Labute approximate surface area is 173 Å². The van der Waals surface area contributed by atoms with E-state index in [2.05, 4.69) is 15.4 Å². The van der Waals surface area contributed by atoms with E-state index in [0.29, 0.717) is 10.8 Å². The van der Waals surface area contributed by atoms with Crippen molar-refractivity contribution in [3.8, 4) is 16.4 Å². The van der Waals surface area contributed by atoms with E-state index in [1.165, 1.54) is 28.2 Å². The molecule has 2 aromatic heterocycles. The van der Waals surface area contributed by atoms with Crippen molar-refractivity contribution < 1.29 is 18.0 Å². The summed E-state index contributed by atoms with van der Waals surface area (Å²) in [4.78, 5) is 17.2. The molecule has 0 radical (unpaired) electrons. The van der Waals surface area contributed by atoms with Crippen LogP contribution < -0.4 is 5.32 Å². The highest BCUT2D eigenvalue weighted by atomic mass is 32.1. The molecule has 2 aromatic carbocycles. The zero-order chi connectivity index (χ0) is 21.3. The first-order valence-electron chi connectivity index (χ1n) is 8.88. The van der Waals surface area contributed by atoms with Gasteiger partial charge in [-0.2, -0.15) is 23.0 Å². The Morgan fingerprint density at radius 1 is 1.07 bits per heavy atom. The van der Waals surface area contributed by atoms with E-state index >= 15 is 0 Å². The number of anilines is 1. The van der Waals surface area contributed by atoms with Crippen molar-refractivity contribution in [2.75, 3.05) is 5.32 Å². The van der Waals surface area contributed by atoms with Crippen molar-refractivity contribution in [1.29, 1.82) is 0 Å². The van der Waals surface area contributed by atoms with Gasteiger partial charge in [0.05, 0.1) is 22.5 Å². The van der Waals surface area contributed by atoms with Gasteiger partial charge >= 0.3 is 6.18 Å². The van der Waals surface area contributed by atoms with E-state index in [-0.39, 0.29) is 5.82 Å². The molecule has 4 aromatic rings. The molecule has 0 saturated heterocycles. The number of alkyl halides is 3. The maximum absolute atomic E-state index is 13.3. The van der Waals surface area contributed by atoms with Gasteiger partial charge in [0.1, 0.15) is 5.82 Å². The van der Waals surface area contributed by atoms with Crippen LogP contribution in [0, 0.1) is 6.92 Å². The first-order valence-corrected chi connectivity index (χ1v) is 9.76. The van der Waals surface area contributed by atoms with Gasteiger partial charge in [0.2, 0.25) is 5.13 Å². The molecule has 0 saturated carbocycles. The average Bonchev–Trinajstić information content (AvgIpc) is 3.34. The molecule has 1 amide bonds. The first kappa shape index (κ1) is 19.8. The van der Waals surface area contributed by atoms with Gasteiger partial charge in [0.25, 0.3) is 5.91 Å². The lowest BCUT2D eigenvalue weighted by Crippen LogP contribution is -2.20. The van der Waals surface area contributed by atoms with Crippen molar-refractivity contribution in [3.63, 3.8) is 0 Å². The number of aryl methyl sites for hydroxylation is 1. The van der Waals surface area contributed by atoms with Gasteiger partial charge < -0.3 is 5.32 Å². The van der Waals surface area contributed by atoms with E-state index in [1.54, 1.807) is 13.0 Å². The molecule has 0 aliphatic carbocycles. The van der Waals surface area contributed by atoms with E-state index in [9.17, 15) is 18.0 Å². The minimum absolute atomic E-state index is 0.239. The number of carbonyl (C=O) groups is 1. The van der Waals surface area contributed by atoms with Crippen LogP contribution in [0.1, 0.15) is 21.6 Å². The summed E-state index contributed by atoms with van der Waals surface area (Å²) in [5, 5.41) is 9.21. The highest BCUT2D eigenvalue weighted by Gasteiger charge is 2.35. The van der Waals surface area contributed by atoms with Gasteiger partial charge in [-0.3, -0.25) is 4.79 Å². The Bertz CT molecular complexity index is 1200. The lowest BCUT2D eigenvalue weighted by Gasteiger charge is -2.12. The largest absolute Gasteiger partial charge is 0.417 e. The summed E-state index contributed by atoms with van der Waals surface area (Å²) >= 11 is 1.31. The Morgan fingerprint density at radius 2 is 1.77 bits per heavy atom. The van der Waals surface area contributed by atoms with E-state index in [4.69, 9.17) is 0 Å². The fraction of sp³-hybridized carbons (Fsp3) is 0.0952. The Balaban J connectivity index is 1.66. The number of halogens is 3. The lowest BCUT2D eigenvalue weighted by atomic mass is 10.1. The molecular formula is C21H15F3N4OS. The van der Waals surface area contributed by atoms with Crippen LogP contribution in [0.3, 0.4) is 0 Å². The van der Waals surface area contributed by atoms with Crippen LogP contribution in [-0.4, -0.2) is 20.7 Å². The predicted octanol–water partition coefficient (Wildman–Crippen LogP) is 5.58. The number of aromatic nitrogens is 3. The Morgan fingerprint density at radius 3 is 2.50 bits per heavy atom.